The van der Waals surface area contributed by atoms with Crippen LogP contribution < -0.4 is 5.32 Å². The molecule has 1 fully saturated rings. The zero-order valence-electron chi connectivity index (χ0n) is 10.8. The van der Waals surface area contributed by atoms with Gasteiger partial charge in [-0.05, 0) is 25.7 Å². The van der Waals surface area contributed by atoms with E-state index in [2.05, 4.69) is 12.2 Å². The Kier molecular flexibility index (Phi) is 5.22. The largest absolute Gasteiger partial charge is 0.381 e. The van der Waals surface area contributed by atoms with Gasteiger partial charge < -0.3 is 15.0 Å². The number of ether oxygens (including phenoxy) is 1. The van der Waals surface area contributed by atoms with E-state index in [1.807, 2.05) is 6.92 Å². The van der Waals surface area contributed by atoms with Gasteiger partial charge in [0.1, 0.15) is 0 Å². The molecule has 4 nitrogen and oxygen atoms in total. The summed E-state index contributed by atoms with van der Waals surface area (Å²) in [6, 6.07) is 0.280. The van der Waals surface area contributed by atoms with Gasteiger partial charge in [0.25, 0.3) is 0 Å². The van der Waals surface area contributed by atoms with Crippen LogP contribution in [0.4, 0.5) is 0 Å². The lowest BCUT2D eigenvalue weighted by molar-refractivity contribution is -0.130. The Hall–Kier alpha value is -0.610. The number of hydrogen-bond acceptors (Lipinski definition) is 3. The Morgan fingerprint density at radius 2 is 2.25 bits per heavy atom. The van der Waals surface area contributed by atoms with Crippen molar-refractivity contribution in [1.82, 2.24) is 10.2 Å². The molecule has 2 unspecified atom stereocenters. The van der Waals surface area contributed by atoms with Gasteiger partial charge >= 0.3 is 0 Å². The fraction of sp³-hybridized carbons (Fsp3) is 0.917. The van der Waals surface area contributed by atoms with Crippen LogP contribution in [0, 0.1) is 5.92 Å². The number of nitrogens with zero attached hydrogens (tertiary/aromatic N) is 1. The fourth-order valence-corrected chi connectivity index (χ4v) is 2.24. The molecule has 1 aliphatic heterocycles. The Morgan fingerprint density at radius 1 is 1.56 bits per heavy atom. The summed E-state index contributed by atoms with van der Waals surface area (Å²) in [7, 11) is 3.58. The molecule has 1 N–H and O–H groups in total. The van der Waals surface area contributed by atoms with E-state index in [1.165, 1.54) is 0 Å². The number of rotatable bonds is 5. The highest BCUT2D eigenvalue weighted by Crippen LogP contribution is 2.19. The summed E-state index contributed by atoms with van der Waals surface area (Å²) in [6.07, 6.45) is 2.15. The first kappa shape index (κ1) is 13.5. The molecular formula is C12H24N2O2. The first-order valence-corrected chi connectivity index (χ1v) is 6.11. The van der Waals surface area contributed by atoms with Crippen LogP contribution in [0.5, 0.6) is 0 Å². The molecule has 3 atom stereocenters. The molecule has 1 aliphatic rings. The molecule has 0 aromatic rings. The molecule has 0 aliphatic carbocycles. The van der Waals surface area contributed by atoms with Crippen molar-refractivity contribution in [1.29, 1.82) is 0 Å². The van der Waals surface area contributed by atoms with Crippen LogP contribution >= 0.6 is 0 Å². The third-order valence-corrected chi connectivity index (χ3v) is 3.25. The van der Waals surface area contributed by atoms with Gasteiger partial charge in [-0.1, -0.05) is 6.92 Å². The van der Waals surface area contributed by atoms with Crippen molar-refractivity contribution >= 4 is 5.91 Å². The standard InChI is InChI=1S/C12H24N2O2/c1-5-11(10-6-7-16-8-10)13-9(2)12(15)14(3)4/h9-11,13H,5-8H2,1-4H3/t9-,10?,11?/m1/s1. The summed E-state index contributed by atoms with van der Waals surface area (Å²) in [5.41, 5.74) is 0. The van der Waals surface area contributed by atoms with Gasteiger partial charge in [0.05, 0.1) is 12.6 Å². The minimum atomic E-state index is -0.111. The van der Waals surface area contributed by atoms with Crippen molar-refractivity contribution in [2.75, 3.05) is 27.3 Å². The monoisotopic (exact) mass is 228 g/mol. The molecule has 4 heteroatoms. The minimum absolute atomic E-state index is 0.111. The van der Waals surface area contributed by atoms with E-state index >= 15 is 0 Å². The van der Waals surface area contributed by atoms with Crippen molar-refractivity contribution in [2.45, 2.75) is 38.8 Å². The highest BCUT2D eigenvalue weighted by molar-refractivity contribution is 5.80. The molecule has 16 heavy (non-hydrogen) atoms. The molecule has 0 saturated carbocycles. The van der Waals surface area contributed by atoms with Crippen LogP contribution in [-0.2, 0) is 9.53 Å². The maximum absolute atomic E-state index is 11.7. The van der Waals surface area contributed by atoms with E-state index in [-0.39, 0.29) is 11.9 Å². The molecule has 0 spiro atoms. The lowest BCUT2D eigenvalue weighted by Crippen LogP contribution is -2.48. The third kappa shape index (κ3) is 3.46. The summed E-state index contributed by atoms with van der Waals surface area (Å²) in [6.45, 7) is 5.77. The van der Waals surface area contributed by atoms with Crippen molar-refractivity contribution in [3.05, 3.63) is 0 Å². The van der Waals surface area contributed by atoms with E-state index in [0.717, 1.165) is 26.1 Å². The van der Waals surface area contributed by atoms with E-state index in [0.29, 0.717) is 12.0 Å². The highest BCUT2D eigenvalue weighted by Gasteiger charge is 2.27. The van der Waals surface area contributed by atoms with Crippen LogP contribution in [0.25, 0.3) is 0 Å². The van der Waals surface area contributed by atoms with Gasteiger partial charge in [-0.15, -0.1) is 0 Å². The molecule has 1 saturated heterocycles. The smallest absolute Gasteiger partial charge is 0.238 e. The average Bonchev–Trinajstić information content (AvgIpc) is 2.77. The molecule has 0 radical (unpaired) electrons. The van der Waals surface area contributed by atoms with Gasteiger partial charge in [-0.3, -0.25) is 4.79 Å². The van der Waals surface area contributed by atoms with Gasteiger partial charge in [0, 0.05) is 26.7 Å². The van der Waals surface area contributed by atoms with Gasteiger partial charge in [0.2, 0.25) is 5.91 Å². The molecule has 94 valence electrons. The molecule has 0 aromatic heterocycles. The zero-order chi connectivity index (χ0) is 12.1. The third-order valence-electron chi connectivity index (χ3n) is 3.25. The van der Waals surface area contributed by atoms with Crippen LogP contribution in [0.2, 0.25) is 0 Å². The predicted molar refractivity (Wildman–Crippen MR) is 64.3 cm³/mol. The Labute approximate surface area is 98.3 Å². The maximum Gasteiger partial charge on any atom is 0.238 e. The Balaban J connectivity index is 2.45. The second-order valence-electron chi connectivity index (χ2n) is 4.76. The van der Waals surface area contributed by atoms with Crippen molar-refractivity contribution in [3.63, 3.8) is 0 Å². The quantitative estimate of drug-likeness (QED) is 0.759. The topological polar surface area (TPSA) is 41.6 Å². The number of carbonyl (C=O) groups excluding carboxylic acids is 1. The van der Waals surface area contributed by atoms with E-state index in [9.17, 15) is 4.79 Å². The minimum Gasteiger partial charge on any atom is -0.381 e. The SMILES string of the molecule is CCC(N[C@H](C)C(=O)N(C)C)C1CCOC1. The second-order valence-corrected chi connectivity index (χ2v) is 4.76. The lowest BCUT2D eigenvalue weighted by atomic mass is 9.96. The summed E-state index contributed by atoms with van der Waals surface area (Å²) in [5.74, 6) is 0.694. The van der Waals surface area contributed by atoms with Crippen LogP contribution in [0.3, 0.4) is 0 Å². The number of carbonyl (C=O) groups is 1. The number of amides is 1. The van der Waals surface area contributed by atoms with E-state index < -0.39 is 0 Å². The summed E-state index contributed by atoms with van der Waals surface area (Å²) in [5, 5.41) is 3.42. The molecule has 0 aromatic carbocycles. The van der Waals surface area contributed by atoms with Crippen molar-refractivity contribution in [3.8, 4) is 0 Å². The summed E-state index contributed by atoms with van der Waals surface area (Å²) in [4.78, 5) is 13.4. The number of nitrogens with one attached hydrogen (secondary N) is 1. The number of likely N-dealkylation sites (N-methyl/N-ethyl adjacent to an activating group) is 1. The van der Waals surface area contributed by atoms with Crippen LogP contribution in [0.1, 0.15) is 26.7 Å². The fourth-order valence-electron chi connectivity index (χ4n) is 2.24. The van der Waals surface area contributed by atoms with E-state index in [4.69, 9.17) is 4.74 Å². The average molecular weight is 228 g/mol. The maximum atomic E-state index is 11.7. The molecular weight excluding hydrogens is 204 g/mol. The summed E-state index contributed by atoms with van der Waals surface area (Å²) >= 11 is 0. The van der Waals surface area contributed by atoms with Crippen LogP contribution in [0.15, 0.2) is 0 Å². The van der Waals surface area contributed by atoms with Crippen LogP contribution in [-0.4, -0.2) is 50.2 Å². The first-order chi connectivity index (χ1) is 7.56. The normalized spacial score (nSPS) is 24.1. The molecule has 1 rings (SSSR count). The molecule has 1 amide bonds. The van der Waals surface area contributed by atoms with Gasteiger partial charge in [0.15, 0.2) is 0 Å². The van der Waals surface area contributed by atoms with Crippen molar-refractivity contribution in [2.24, 2.45) is 5.92 Å². The number of hydrogen-bond donors (Lipinski definition) is 1. The summed E-state index contributed by atoms with van der Waals surface area (Å²) < 4.78 is 5.39. The Morgan fingerprint density at radius 3 is 2.69 bits per heavy atom. The Bertz CT molecular complexity index is 225. The lowest BCUT2D eigenvalue weighted by Gasteiger charge is -2.27. The first-order valence-electron chi connectivity index (χ1n) is 6.11. The van der Waals surface area contributed by atoms with Gasteiger partial charge in [-0.2, -0.15) is 0 Å². The van der Waals surface area contributed by atoms with E-state index in [1.54, 1.807) is 19.0 Å². The van der Waals surface area contributed by atoms with Crippen molar-refractivity contribution < 1.29 is 9.53 Å². The second kappa shape index (κ2) is 6.21. The zero-order valence-corrected chi connectivity index (χ0v) is 10.8. The molecule has 1 heterocycles. The highest BCUT2D eigenvalue weighted by atomic mass is 16.5. The predicted octanol–water partition coefficient (Wildman–Crippen LogP) is 0.868. The van der Waals surface area contributed by atoms with Gasteiger partial charge in [-0.25, -0.2) is 0 Å². The molecule has 0 bridgehead atoms.